The van der Waals surface area contributed by atoms with E-state index in [9.17, 15) is 0 Å². The van der Waals surface area contributed by atoms with Crippen LogP contribution in [0.4, 0.5) is 0 Å². The summed E-state index contributed by atoms with van der Waals surface area (Å²) in [5.74, 6) is 0. The van der Waals surface area contributed by atoms with Gasteiger partial charge in [-0.2, -0.15) is 5.26 Å². The molecule has 0 saturated carbocycles. The Hall–Kier alpha value is -0.550. The molecular formula is C7H12N2. The van der Waals surface area contributed by atoms with Gasteiger partial charge >= 0.3 is 0 Å². The maximum absolute atomic E-state index is 8.35. The summed E-state index contributed by atoms with van der Waals surface area (Å²) in [4.78, 5) is 2.21. The summed E-state index contributed by atoms with van der Waals surface area (Å²) in [5.41, 5.74) is 0. The summed E-state index contributed by atoms with van der Waals surface area (Å²) in [6.45, 7) is 4.93. The van der Waals surface area contributed by atoms with Gasteiger partial charge < -0.3 is 0 Å². The Morgan fingerprint density at radius 3 is 2.33 bits per heavy atom. The molecule has 1 fully saturated rings. The van der Waals surface area contributed by atoms with E-state index in [4.69, 9.17) is 5.26 Å². The molecule has 2 unspecified atom stereocenters. The summed E-state index contributed by atoms with van der Waals surface area (Å²) in [7, 11) is 0. The van der Waals surface area contributed by atoms with E-state index in [1.807, 2.05) is 0 Å². The van der Waals surface area contributed by atoms with Crippen LogP contribution in [0.3, 0.4) is 0 Å². The van der Waals surface area contributed by atoms with Gasteiger partial charge in [0.25, 0.3) is 0 Å². The molecule has 2 nitrogen and oxygen atoms in total. The first kappa shape index (κ1) is 6.57. The average molecular weight is 124 g/mol. The largest absolute Gasteiger partial charge is 0.285 e. The van der Waals surface area contributed by atoms with Gasteiger partial charge in [0, 0.05) is 12.1 Å². The van der Waals surface area contributed by atoms with Crippen molar-refractivity contribution in [1.29, 1.82) is 5.26 Å². The van der Waals surface area contributed by atoms with Crippen molar-refractivity contribution in [3.8, 4) is 6.07 Å². The summed E-state index contributed by atoms with van der Waals surface area (Å²) in [6.07, 6.45) is 1.25. The molecule has 9 heavy (non-hydrogen) atoms. The van der Waals surface area contributed by atoms with Crippen LogP contribution in [-0.4, -0.2) is 23.5 Å². The Balaban J connectivity index is 2.32. The van der Waals surface area contributed by atoms with Gasteiger partial charge in [-0.3, -0.25) is 4.90 Å². The second kappa shape index (κ2) is 2.36. The van der Waals surface area contributed by atoms with Crippen LogP contribution in [0.1, 0.15) is 20.3 Å². The molecule has 0 N–H and O–H groups in total. The first-order chi connectivity index (χ1) is 4.25. The van der Waals surface area contributed by atoms with Gasteiger partial charge in [0.15, 0.2) is 0 Å². The number of rotatable bonds is 1. The highest BCUT2D eigenvalue weighted by atomic mass is 15.2. The predicted octanol–water partition coefficient (Wildman–Crippen LogP) is 0.993. The van der Waals surface area contributed by atoms with Crippen LogP contribution in [0, 0.1) is 11.3 Å². The molecule has 0 aromatic carbocycles. The number of likely N-dealkylation sites (tertiary alicyclic amines) is 1. The third-order valence-corrected chi connectivity index (χ3v) is 2.07. The summed E-state index contributed by atoms with van der Waals surface area (Å²) in [5, 5.41) is 8.35. The molecule has 0 amide bonds. The van der Waals surface area contributed by atoms with Crippen molar-refractivity contribution in [2.24, 2.45) is 0 Å². The standard InChI is InChI=1S/C7H12N2/c1-6-5-7(2)9(6)4-3-8/h6-7H,4-5H2,1-2H3. The van der Waals surface area contributed by atoms with Crippen molar-refractivity contribution < 1.29 is 0 Å². The van der Waals surface area contributed by atoms with Gasteiger partial charge in [-0.1, -0.05) is 0 Å². The van der Waals surface area contributed by atoms with E-state index >= 15 is 0 Å². The van der Waals surface area contributed by atoms with Crippen molar-refractivity contribution in [2.45, 2.75) is 32.4 Å². The molecule has 50 valence electrons. The highest BCUT2D eigenvalue weighted by Crippen LogP contribution is 2.23. The normalized spacial score (nSPS) is 35.2. The Labute approximate surface area is 56.1 Å². The highest BCUT2D eigenvalue weighted by molar-refractivity contribution is 4.92. The molecule has 0 aliphatic carbocycles. The molecule has 0 radical (unpaired) electrons. The van der Waals surface area contributed by atoms with Gasteiger partial charge in [0.1, 0.15) is 0 Å². The van der Waals surface area contributed by atoms with Crippen LogP contribution in [-0.2, 0) is 0 Å². The maximum atomic E-state index is 8.35. The smallest absolute Gasteiger partial charge is 0.0870 e. The first-order valence-corrected chi connectivity index (χ1v) is 3.38. The number of nitrogens with zero attached hydrogens (tertiary/aromatic N) is 2. The molecule has 1 saturated heterocycles. The van der Waals surface area contributed by atoms with E-state index in [1.165, 1.54) is 6.42 Å². The van der Waals surface area contributed by atoms with E-state index in [0.29, 0.717) is 18.6 Å². The van der Waals surface area contributed by atoms with Crippen LogP contribution in [0.5, 0.6) is 0 Å². The molecule has 1 heterocycles. The van der Waals surface area contributed by atoms with Crippen LogP contribution >= 0.6 is 0 Å². The lowest BCUT2D eigenvalue weighted by atomic mass is 9.96. The lowest BCUT2D eigenvalue weighted by Gasteiger charge is -2.43. The molecular weight excluding hydrogens is 112 g/mol. The van der Waals surface area contributed by atoms with Crippen molar-refractivity contribution in [1.82, 2.24) is 4.90 Å². The fraction of sp³-hybridized carbons (Fsp3) is 0.857. The minimum atomic E-state index is 0.600. The number of nitriles is 1. The Morgan fingerprint density at radius 1 is 1.56 bits per heavy atom. The quantitative estimate of drug-likeness (QED) is 0.487. The van der Waals surface area contributed by atoms with Crippen molar-refractivity contribution in [2.75, 3.05) is 6.54 Å². The number of hydrogen-bond donors (Lipinski definition) is 0. The second-order valence-electron chi connectivity index (χ2n) is 2.76. The topological polar surface area (TPSA) is 27.0 Å². The minimum absolute atomic E-state index is 0.600. The summed E-state index contributed by atoms with van der Waals surface area (Å²) >= 11 is 0. The van der Waals surface area contributed by atoms with E-state index < -0.39 is 0 Å². The molecule has 0 aromatic rings. The maximum Gasteiger partial charge on any atom is 0.0870 e. The van der Waals surface area contributed by atoms with Crippen LogP contribution in [0.2, 0.25) is 0 Å². The van der Waals surface area contributed by atoms with Crippen LogP contribution < -0.4 is 0 Å². The molecule has 1 aliphatic heterocycles. The Bertz CT molecular complexity index is 128. The highest BCUT2D eigenvalue weighted by Gasteiger charge is 2.30. The van der Waals surface area contributed by atoms with Gasteiger partial charge in [0.2, 0.25) is 0 Å². The molecule has 1 rings (SSSR count). The zero-order chi connectivity index (χ0) is 6.85. The molecule has 0 bridgehead atoms. The molecule has 1 aliphatic rings. The minimum Gasteiger partial charge on any atom is -0.285 e. The van der Waals surface area contributed by atoms with Crippen LogP contribution in [0.15, 0.2) is 0 Å². The van der Waals surface area contributed by atoms with Crippen molar-refractivity contribution in [3.63, 3.8) is 0 Å². The predicted molar refractivity (Wildman–Crippen MR) is 35.9 cm³/mol. The lowest BCUT2D eigenvalue weighted by Crippen LogP contribution is -2.52. The molecule has 0 spiro atoms. The summed E-state index contributed by atoms with van der Waals surface area (Å²) < 4.78 is 0. The second-order valence-corrected chi connectivity index (χ2v) is 2.76. The van der Waals surface area contributed by atoms with E-state index in [1.54, 1.807) is 0 Å². The van der Waals surface area contributed by atoms with Gasteiger partial charge in [0.05, 0.1) is 12.6 Å². The lowest BCUT2D eigenvalue weighted by molar-refractivity contribution is 0.0535. The van der Waals surface area contributed by atoms with Crippen LogP contribution in [0.25, 0.3) is 0 Å². The summed E-state index contributed by atoms with van der Waals surface area (Å²) in [6, 6.07) is 3.43. The van der Waals surface area contributed by atoms with Crippen molar-refractivity contribution >= 4 is 0 Å². The average Bonchev–Trinajstić information content (AvgIpc) is 1.84. The Morgan fingerprint density at radius 2 is 2.11 bits per heavy atom. The SMILES string of the molecule is CC1CC(C)N1CC#N. The zero-order valence-corrected chi connectivity index (χ0v) is 5.96. The number of hydrogen-bond acceptors (Lipinski definition) is 2. The van der Waals surface area contributed by atoms with Gasteiger partial charge in [-0.25, -0.2) is 0 Å². The van der Waals surface area contributed by atoms with E-state index in [2.05, 4.69) is 24.8 Å². The Kier molecular flexibility index (Phi) is 1.73. The fourth-order valence-corrected chi connectivity index (χ4v) is 1.45. The van der Waals surface area contributed by atoms with Gasteiger partial charge in [-0.05, 0) is 20.3 Å². The third-order valence-electron chi connectivity index (χ3n) is 2.07. The first-order valence-electron chi connectivity index (χ1n) is 3.38. The van der Waals surface area contributed by atoms with E-state index in [0.717, 1.165) is 0 Å². The molecule has 0 aromatic heterocycles. The third kappa shape index (κ3) is 1.06. The monoisotopic (exact) mass is 124 g/mol. The fourth-order valence-electron chi connectivity index (χ4n) is 1.45. The van der Waals surface area contributed by atoms with E-state index in [-0.39, 0.29) is 0 Å². The van der Waals surface area contributed by atoms with Crippen molar-refractivity contribution in [3.05, 3.63) is 0 Å². The zero-order valence-electron chi connectivity index (χ0n) is 5.96. The van der Waals surface area contributed by atoms with Gasteiger partial charge in [-0.15, -0.1) is 0 Å². The molecule has 2 heteroatoms. The molecule has 2 atom stereocenters.